The van der Waals surface area contributed by atoms with Crippen LogP contribution < -0.4 is 15.4 Å². The van der Waals surface area contributed by atoms with Gasteiger partial charge in [0.1, 0.15) is 11.4 Å². The smallest absolute Gasteiger partial charge is 0.274 e. The topological polar surface area (TPSA) is 80.3 Å². The molecule has 0 fully saturated rings. The number of anilines is 1. The van der Waals surface area contributed by atoms with Gasteiger partial charge in [-0.15, -0.1) is 0 Å². The summed E-state index contributed by atoms with van der Waals surface area (Å²) in [7, 11) is 0. The van der Waals surface area contributed by atoms with E-state index in [4.69, 9.17) is 4.74 Å². The van der Waals surface area contributed by atoms with E-state index in [1.807, 2.05) is 37.3 Å². The van der Waals surface area contributed by atoms with Crippen LogP contribution in [0.1, 0.15) is 17.4 Å². The molecule has 0 aliphatic heterocycles. The van der Waals surface area contributed by atoms with Crippen molar-refractivity contribution in [1.82, 2.24) is 10.3 Å². The van der Waals surface area contributed by atoms with Crippen LogP contribution in [0.5, 0.6) is 5.75 Å². The summed E-state index contributed by atoms with van der Waals surface area (Å²) in [5.41, 5.74) is 1.74. The van der Waals surface area contributed by atoms with E-state index in [0.29, 0.717) is 23.7 Å². The van der Waals surface area contributed by atoms with Gasteiger partial charge in [-0.1, -0.05) is 24.3 Å². The largest absolute Gasteiger partial charge is 0.484 e. The number of para-hydroxylation sites is 1. The highest BCUT2D eigenvalue weighted by atomic mass is 16.5. The molecule has 0 atom stereocenters. The lowest BCUT2D eigenvalue weighted by molar-refractivity contribution is -0.122. The van der Waals surface area contributed by atoms with Crippen molar-refractivity contribution < 1.29 is 14.3 Å². The van der Waals surface area contributed by atoms with Gasteiger partial charge in [0.25, 0.3) is 11.8 Å². The number of nitrogens with zero attached hydrogens (tertiary/aromatic N) is 1. The minimum absolute atomic E-state index is 0.0411. The van der Waals surface area contributed by atoms with Crippen molar-refractivity contribution in [2.24, 2.45) is 0 Å². The zero-order valence-electron chi connectivity index (χ0n) is 14.4. The Bertz CT molecular complexity index is 923. The van der Waals surface area contributed by atoms with E-state index >= 15 is 0 Å². The highest BCUT2D eigenvalue weighted by Crippen LogP contribution is 2.17. The lowest BCUT2D eigenvalue weighted by Crippen LogP contribution is -2.28. The maximum absolute atomic E-state index is 12.4. The number of carbonyl (C=O) groups is 2. The fraction of sp³-hybridized carbons (Fsp3) is 0.150. The van der Waals surface area contributed by atoms with E-state index in [9.17, 15) is 9.59 Å². The molecule has 132 valence electrons. The van der Waals surface area contributed by atoms with Crippen molar-refractivity contribution in [1.29, 1.82) is 0 Å². The minimum atomic E-state index is -0.285. The molecule has 0 unspecified atom stereocenters. The molecular weight excluding hydrogens is 330 g/mol. The number of amides is 2. The van der Waals surface area contributed by atoms with Crippen LogP contribution in [-0.4, -0.2) is 29.9 Å². The highest BCUT2D eigenvalue weighted by molar-refractivity contribution is 6.04. The first-order valence-electron chi connectivity index (χ1n) is 8.32. The Morgan fingerprint density at radius 1 is 1.00 bits per heavy atom. The fourth-order valence-electron chi connectivity index (χ4n) is 2.42. The monoisotopic (exact) mass is 349 g/mol. The zero-order chi connectivity index (χ0) is 18.4. The number of benzene rings is 2. The maximum atomic E-state index is 12.4. The van der Waals surface area contributed by atoms with E-state index in [2.05, 4.69) is 15.6 Å². The number of rotatable bonds is 6. The van der Waals surface area contributed by atoms with E-state index in [1.54, 1.807) is 30.3 Å². The molecule has 0 saturated heterocycles. The molecule has 1 heterocycles. The lowest BCUT2D eigenvalue weighted by atomic mass is 10.2. The van der Waals surface area contributed by atoms with Crippen LogP contribution in [0, 0.1) is 0 Å². The van der Waals surface area contributed by atoms with Crippen molar-refractivity contribution in [2.45, 2.75) is 6.92 Å². The molecule has 6 nitrogen and oxygen atoms in total. The molecule has 3 rings (SSSR count). The molecule has 0 spiro atoms. The zero-order valence-corrected chi connectivity index (χ0v) is 14.4. The van der Waals surface area contributed by atoms with Gasteiger partial charge in [-0.2, -0.15) is 0 Å². The summed E-state index contributed by atoms with van der Waals surface area (Å²) in [6, 6.07) is 18.0. The average molecular weight is 349 g/mol. The second kappa shape index (κ2) is 8.11. The molecule has 0 aliphatic rings. The number of nitrogens with one attached hydrogen (secondary N) is 2. The van der Waals surface area contributed by atoms with Gasteiger partial charge in [0.05, 0.1) is 5.52 Å². The van der Waals surface area contributed by atoms with Gasteiger partial charge in [-0.25, -0.2) is 4.98 Å². The van der Waals surface area contributed by atoms with Crippen molar-refractivity contribution in [2.75, 3.05) is 18.5 Å². The number of likely N-dealkylation sites (N-methyl/N-ethyl adjacent to an activating group) is 1. The summed E-state index contributed by atoms with van der Waals surface area (Å²) in [5.74, 6) is 0.0945. The Balaban J connectivity index is 1.62. The Hall–Kier alpha value is -3.41. The average Bonchev–Trinajstić information content (AvgIpc) is 2.67. The molecule has 2 aromatic carbocycles. The highest BCUT2D eigenvalue weighted by Gasteiger charge is 2.09. The van der Waals surface area contributed by atoms with Crippen LogP contribution in [0.2, 0.25) is 0 Å². The van der Waals surface area contributed by atoms with Crippen LogP contribution in [0.4, 0.5) is 5.69 Å². The normalized spacial score (nSPS) is 10.3. The maximum Gasteiger partial charge on any atom is 0.274 e. The van der Waals surface area contributed by atoms with E-state index in [-0.39, 0.29) is 18.4 Å². The SMILES string of the molecule is CCNC(=O)COc1ccc(NC(=O)c2ccc3ccccc3n2)cc1. The molecule has 0 bridgehead atoms. The van der Waals surface area contributed by atoms with Gasteiger partial charge in [0, 0.05) is 17.6 Å². The van der Waals surface area contributed by atoms with Crippen molar-refractivity contribution in [3.63, 3.8) is 0 Å². The number of pyridine rings is 1. The molecule has 0 saturated carbocycles. The molecule has 0 radical (unpaired) electrons. The van der Waals surface area contributed by atoms with Crippen molar-refractivity contribution in [3.05, 3.63) is 66.4 Å². The quantitative estimate of drug-likeness (QED) is 0.717. The number of aromatic nitrogens is 1. The first-order valence-corrected chi connectivity index (χ1v) is 8.32. The van der Waals surface area contributed by atoms with Crippen molar-refractivity contribution >= 4 is 28.4 Å². The second-order valence-corrected chi connectivity index (χ2v) is 5.61. The predicted molar refractivity (Wildman–Crippen MR) is 100 cm³/mol. The standard InChI is InChI=1S/C20H19N3O3/c1-2-21-19(24)13-26-16-10-8-15(9-11-16)22-20(25)18-12-7-14-5-3-4-6-17(14)23-18/h3-12H,2,13H2,1H3,(H,21,24)(H,22,25). The summed E-state index contributed by atoms with van der Waals surface area (Å²) < 4.78 is 5.38. The van der Waals surface area contributed by atoms with Crippen LogP contribution in [-0.2, 0) is 4.79 Å². The molecule has 6 heteroatoms. The summed E-state index contributed by atoms with van der Waals surface area (Å²) in [4.78, 5) is 28.1. The second-order valence-electron chi connectivity index (χ2n) is 5.61. The molecule has 0 aliphatic carbocycles. The molecule has 2 amide bonds. The first-order chi connectivity index (χ1) is 12.7. The van der Waals surface area contributed by atoms with E-state index < -0.39 is 0 Å². The van der Waals surface area contributed by atoms with Gasteiger partial charge in [-0.3, -0.25) is 9.59 Å². The molecular formula is C20H19N3O3. The third-order valence-electron chi connectivity index (χ3n) is 3.69. The predicted octanol–water partition coefficient (Wildman–Crippen LogP) is 3.00. The van der Waals surface area contributed by atoms with Gasteiger partial charge in [-0.05, 0) is 43.3 Å². The molecule has 1 aromatic heterocycles. The number of hydrogen-bond donors (Lipinski definition) is 2. The summed E-state index contributed by atoms with van der Waals surface area (Å²) in [6.45, 7) is 2.37. The van der Waals surface area contributed by atoms with Crippen LogP contribution in [0.15, 0.2) is 60.7 Å². The number of hydrogen-bond acceptors (Lipinski definition) is 4. The summed E-state index contributed by atoms with van der Waals surface area (Å²) >= 11 is 0. The molecule has 26 heavy (non-hydrogen) atoms. The summed E-state index contributed by atoms with van der Waals surface area (Å²) in [6.07, 6.45) is 0. The van der Waals surface area contributed by atoms with Crippen LogP contribution in [0.25, 0.3) is 10.9 Å². The number of ether oxygens (including phenoxy) is 1. The fourth-order valence-corrected chi connectivity index (χ4v) is 2.42. The Morgan fingerprint density at radius 3 is 2.54 bits per heavy atom. The van der Waals surface area contributed by atoms with E-state index in [1.165, 1.54) is 0 Å². The Labute approximate surface area is 151 Å². The Morgan fingerprint density at radius 2 is 1.77 bits per heavy atom. The summed E-state index contributed by atoms with van der Waals surface area (Å²) in [5, 5.41) is 6.44. The lowest BCUT2D eigenvalue weighted by Gasteiger charge is -2.08. The van der Waals surface area contributed by atoms with Crippen LogP contribution >= 0.6 is 0 Å². The molecule has 3 aromatic rings. The van der Waals surface area contributed by atoms with Gasteiger partial charge in [0.2, 0.25) is 0 Å². The van der Waals surface area contributed by atoms with Crippen LogP contribution in [0.3, 0.4) is 0 Å². The van der Waals surface area contributed by atoms with Gasteiger partial charge < -0.3 is 15.4 Å². The van der Waals surface area contributed by atoms with E-state index in [0.717, 1.165) is 10.9 Å². The van der Waals surface area contributed by atoms with Gasteiger partial charge in [0.15, 0.2) is 6.61 Å². The number of carbonyl (C=O) groups excluding carboxylic acids is 2. The minimum Gasteiger partial charge on any atom is -0.484 e. The number of fused-ring (bicyclic) bond motifs is 1. The van der Waals surface area contributed by atoms with Crippen molar-refractivity contribution in [3.8, 4) is 5.75 Å². The van der Waals surface area contributed by atoms with Gasteiger partial charge >= 0.3 is 0 Å². The Kier molecular flexibility index (Phi) is 5.43. The molecule has 2 N–H and O–H groups in total. The third kappa shape index (κ3) is 4.36. The third-order valence-corrected chi connectivity index (χ3v) is 3.69. The first kappa shape index (κ1) is 17.4.